The summed E-state index contributed by atoms with van der Waals surface area (Å²) in [5.41, 5.74) is 0.567. The number of aliphatic imine (C=N–C) groups is 1. The Balaban J connectivity index is 0.00000420. The zero-order valence-electron chi connectivity index (χ0n) is 17.8. The molecule has 1 amide bonds. The van der Waals surface area contributed by atoms with Crippen LogP contribution in [0.15, 0.2) is 23.3 Å². The van der Waals surface area contributed by atoms with Gasteiger partial charge in [0.25, 0.3) is 0 Å². The second kappa shape index (κ2) is 12.7. The number of pyridine rings is 1. The summed E-state index contributed by atoms with van der Waals surface area (Å²) in [5, 5.41) is 9.10. The van der Waals surface area contributed by atoms with Gasteiger partial charge in [-0.2, -0.15) is 0 Å². The maximum absolute atomic E-state index is 11.6. The van der Waals surface area contributed by atoms with Crippen molar-refractivity contribution in [2.45, 2.75) is 64.7 Å². The predicted octanol–water partition coefficient (Wildman–Crippen LogP) is 3.21. The Labute approximate surface area is 190 Å². The molecule has 2 rings (SSSR count). The Bertz CT molecular complexity index is 658. The molecule has 1 saturated carbocycles. The SMILES string of the molecule is CN=C(NCCNC(=O)OC(C)(C)C)NCc1ccnc(OC2CCCC2)c1.I. The van der Waals surface area contributed by atoms with Crippen LogP contribution in [-0.4, -0.2) is 48.9 Å². The standard InChI is InChI=1S/C20H33N5O3.HI/c1-20(2,3)28-19(26)24-12-11-23-18(21-4)25-14-15-9-10-22-17(13-15)27-16-7-5-6-8-16;/h9-10,13,16H,5-8,11-12,14H2,1-4H3,(H,24,26)(H2,21,23,25);1H. The Morgan fingerprint density at radius 1 is 1.21 bits per heavy atom. The fourth-order valence-electron chi connectivity index (χ4n) is 2.87. The lowest BCUT2D eigenvalue weighted by Gasteiger charge is -2.20. The van der Waals surface area contributed by atoms with Gasteiger partial charge in [0.15, 0.2) is 5.96 Å². The molecule has 0 spiro atoms. The molecule has 0 atom stereocenters. The minimum atomic E-state index is -0.500. The van der Waals surface area contributed by atoms with Crippen LogP contribution in [0.2, 0.25) is 0 Å². The highest BCUT2D eigenvalue weighted by molar-refractivity contribution is 14.0. The summed E-state index contributed by atoms with van der Waals surface area (Å²) in [5.74, 6) is 1.33. The van der Waals surface area contributed by atoms with Gasteiger partial charge in [0.05, 0.1) is 0 Å². The number of alkyl carbamates (subject to hydrolysis) is 1. The number of hydrogen-bond donors (Lipinski definition) is 3. The summed E-state index contributed by atoms with van der Waals surface area (Å²) in [6.45, 7) is 7.07. The molecule has 0 radical (unpaired) electrons. The Hall–Kier alpha value is -1.78. The molecule has 1 aromatic heterocycles. The van der Waals surface area contributed by atoms with Crippen molar-refractivity contribution in [1.82, 2.24) is 20.9 Å². The second-order valence-corrected chi connectivity index (χ2v) is 7.81. The van der Waals surface area contributed by atoms with E-state index in [4.69, 9.17) is 9.47 Å². The summed E-state index contributed by atoms with van der Waals surface area (Å²) in [6.07, 6.45) is 6.32. The van der Waals surface area contributed by atoms with Crippen molar-refractivity contribution < 1.29 is 14.3 Å². The third kappa shape index (κ3) is 10.5. The maximum atomic E-state index is 11.6. The fraction of sp³-hybridized carbons (Fsp3) is 0.650. The van der Waals surface area contributed by atoms with Gasteiger partial charge in [0.1, 0.15) is 11.7 Å². The number of aromatic nitrogens is 1. The van der Waals surface area contributed by atoms with E-state index < -0.39 is 11.7 Å². The summed E-state index contributed by atoms with van der Waals surface area (Å²) >= 11 is 0. The molecule has 0 unspecified atom stereocenters. The van der Waals surface area contributed by atoms with Crippen molar-refractivity contribution in [1.29, 1.82) is 0 Å². The third-order valence-electron chi connectivity index (χ3n) is 4.16. The molecule has 1 aromatic rings. The largest absolute Gasteiger partial charge is 0.474 e. The predicted molar refractivity (Wildman–Crippen MR) is 125 cm³/mol. The number of halogens is 1. The molecular formula is C20H34IN5O3. The van der Waals surface area contributed by atoms with Gasteiger partial charge in [-0.3, -0.25) is 4.99 Å². The first-order valence-electron chi connectivity index (χ1n) is 9.88. The Morgan fingerprint density at radius 2 is 1.90 bits per heavy atom. The number of carbonyl (C=O) groups excluding carboxylic acids is 1. The lowest BCUT2D eigenvalue weighted by molar-refractivity contribution is 0.0529. The summed E-state index contributed by atoms with van der Waals surface area (Å²) in [6, 6.07) is 3.91. The van der Waals surface area contributed by atoms with Crippen LogP contribution in [0.25, 0.3) is 0 Å². The molecule has 0 aliphatic heterocycles. The zero-order chi connectivity index (χ0) is 20.4. The van der Waals surface area contributed by atoms with E-state index in [1.54, 1.807) is 13.2 Å². The molecule has 164 valence electrons. The van der Waals surface area contributed by atoms with E-state index in [1.165, 1.54) is 12.8 Å². The van der Waals surface area contributed by atoms with E-state index in [0.29, 0.717) is 37.6 Å². The average molecular weight is 519 g/mol. The van der Waals surface area contributed by atoms with Crippen LogP contribution >= 0.6 is 24.0 Å². The molecule has 29 heavy (non-hydrogen) atoms. The topological polar surface area (TPSA) is 96.9 Å². The average Bonchev–Trinajstić information content (AvgIpc) is 3.13. The number of guanidine groups is 1. The Kier molecular flexibility index (Phi) is 11.1. The molecule has 1 fully saturated rings. The van der Waals surface area contributed by atoms with Gasteiger partial charge >= 0.3 is 6.09 Å². The highest BCUT2D eigenvalue weighted by atomic mass is 127. The first kappa shape index (κ1) is 25.3. The van der Waals surface area contributed by atoms with Crippen LogP contribution in [-0.2, 0) is 11.3 Å². The number of nitrogens with zero attached hydrogens (tertiary/aromatic N) is 2. The van der Waals surface area contributed by atoms with Gasteiger partial charge in [0, 0.05) is 38.9 Å². The van der Waals surface area contributed by atoms with Crippen LogP contribution in [0.4, 0.5) is 4.79 Å². The first-order valence-corrected chi connectivity index (χ1v) is 9.88. The molecule has 1 aliphatic rings. The fourth-order valence-corrected chi connectivity index (χ4v) is 2.87. The molecule has 0 saturated heterocycles. The monoisotopic (exact) mass is 519 g/mol. The van der Waals surface area contributed by atoms with Crippen LogP contribution < -0.4 is 20.7 Å². The van der Waals surface area contributed by atoms with E-state index in [-0.39, 0.29) is 24.0 Å². The van der Waals surface area contributed by atoms with Crippen molar-refractivity contribution in [3.05, 3.63) is 23.9 Å². The van der Waals surface area contributed by atoms with Gasteiger partial charge in [-0.05, 0) is 58.1 Å². The minimum absolute atomic E-state index is 0. The van der Waals surface area contributed by atoms with Crippen molar-refractivity contribution >= 4 is 36.0 Å². The Morgan fingerprint density at radius 3 is 2.55 bits per heavy atom. The number of ether oxygens (including phenoxy) is 2. The molecule has 1 aliphatic carbocycles. The highest BCUT2D eigenvalue weighted by Gasteiger charge is 2.17. The first-order chi connectivity index (χ1) is 13.4. The van der Waals surface area contributed by atoms with Crippen molar-refractivity contribution in [3.8, 4) is 5.88 Å². The zero-order valence-corrected chi connectivity index (χ0v) is 20.1. The van der Waals surface area contributed by atoms with E-state index in [1.807, 2.05) is 32.9 Å². The van der Waals surface area contributed by atoms with Crippen molar-refractivity contribution in [2.75, 3.05) is 20.1 Å². The van der Waals surface area contributed by atoms with E-state index in [2.05, 4.69) is 25.9 Å². The van der Waals surface area contributed by atoms with Crippen molar-refractivity contribution in [3.63, 3.8) is 0 Å². The number of hydrogen-bond acceptors (Lipinski definition) is 5. The second-order valence-electron chi connectivity index (χ2n) is 7.81. The molecule has 0 bridgehead atoms. The van der Waals surface area contributed by atoms with Gasteiger partial charge in [-0.1, -0.05) is 0 Å². The van der Waals surface area contributed by atoms with E-state index in [0.717, 1.165) is 18.4 Å². The molecular weight excluding hydrogens is 485 g/mol. The van der Waals surface area contributed by atoms with Gasteiger partial charge in [-0.25, -0.2) is 9.78 Å². The normalized spacial score (nSPS) is 14.7. The lowest BCUT2D eigenvalue weighted by Crippen LogP contribution is -2.42. The number of amides is 1. The van der Waals surface area contributed by atoms with Gasteiger partial charge in [-0.15, -0.1) is 24.0 Å². The van der Waals surface area contributed by atoms with Gasteiger partial charge in [0.2, 0.25) is 5.88 Å². The molecule has 0 aromatic carbocycles. The summed E-state index contributed by atoms with van der Waals surface area (Å²) < 4.78 is 11.1. The quantitative estimate of drug-likeness (QED) is 0.222. The van der Waals surface area contributed by atoms with Crippen LogP contribution in [0.3, 0.4) is 0 Å². The van der Waals surface area contributed by atoms with E-state index >= 15 is 0 Å². The highest BCUT2D eigenvalue weighted by Crippen LogP contribution is 2.23. The van der Waals surface area contributed by atoms with Crippen molar-refractivity contribution in [2.24, 2.45) is 4.99 Å². The number of nitrogens with one attached hydrogen (secondary N) is 3. The van der Waals surface area contributed by atoms with Crippen LogP contribution in [0.5, 0.6) is 5.88 Å². The van der Waals surface area contributed by atoms with Crippen LogP contribution in [0, 0.1) is 0 Å². The minimum Gasteiger partial charge on any atom is -0.474 e. The summed E-state index contributed by atoms with van der Waals surface area (Å²) in [4.78, 5) is 20.1. The van der Waals surface area contributed by atoms with E-state index in [9.17, 15) is 4.79 Å². The number of carbonyl (C=O) groups is 1. The molecule has 9 heteroatoms. The van der Waals surface area contributed by atoms with Crippen LogP contribution in [0.1, 0.15) is 52.0 Å². The maximum Gasteiger partial charge on any atom is 0.407 e. The molecule has 8 nitrogen and oxygen atoms in total. The lowest BCUT2D eigenvalue weighted by atomic mass is 10.2. The van der Waals surface area contributed by atoms with Gasteiger partial charge < -0.3 is 25.4 Å². The number of rotatable bonds is 7. The molecule has 1 heterocycles. The molecule has 3 N–H and O–H groups in total. The summed E-state index contributed by atoms with van der Waals surface area (Å²) in [7, 11) is 1.71. The third-order valence-corrected chi connectivity index (χ3v) is 4.16. The smallest absolute Gasteiger partial charge is 0.407 e.